The van der Waals surface area contributed by atoms with E-state index in [2.05, 4.69) is 5.32 Å². The van der Waals surface area contributed by atoms with E-state index >= 15 is 0 Å². The highest BCUT2D eigenvalue weighted by Gasteiger charge is 2.16. The molecule has 0 saturated heterocycles. The summed E-state index contributed by atoms with van der Waals surface area (Å²) in [6.07, 6.45) is 5.98. The van der Waals surface area contributed by atoms with Crippen LogP contribution in [-0.4, -0.2) is 11.9 Å². The molecule has 1 fully saturated rings. The third-order valence-electron chi connectivity index (χ3n) is 3.28. The van der Waals surface area contributed by atoms with E-state index in [9.17, 15) is 4.79 Å². The van der Waals surface area contributed by atoms with Crippen molar-refractivity contribution in [2.24, 2.45) is 0 Å². The van der Waals surface area contributed by atoms with Gasteiger partial charge < -0.3 is 5.32 Å². The molecule has 92 valence electrons. The summed E-state index contributed by atoms with van der Waals surface area (Å²) in [5.41, 5.74) is 1.71. The minimum absolute atomic E-state index is 0.0314. The normalized spacial score (nSPS) is 16.8. The minimum atomic E-state index is 0.0314. The molecule has 1 aromatic carbocycles. The Bertz CT molecular complexity index is 386. The first-order valence-corrected chi connectivity index (χ1v) is 6.79. The van der Waals surface area contributed by atoms with E-state index in [1.165, 1.54) is 19.3 Å². The minimum Gasteiger partial charge on any atom is -0.349 e. The Morgan fingerprint density at radius 3 is 2.76 bits per heavy atom. The van der Waals surface area contributed by atoms with Gasteiger partial charge in [0.1, 0.15) is 0 Å². The summed E-state index contributed by atoms with van der Waals surface area (Å²) in [6, 6.07) is 7.88. The fraction of sp³-hybridized carbons (Fsp3) is 0.500. The SMILES string of the molecule is O=C(NC1CCCCC1)c1cccc(CCl)c1. The van der Waals surface area contributed by atoms with Gasteiger partial charge in [-0.2, -0.15) is 0 Å². The maximum absolute atomic E-state index is 12.0. The van der Waals surface area contributed by atoms with Crippen LogP contribution in [0.4, 0.5) is 0 Å². The quantitative estimate of drug-likeness (QED) is 0.819. The summed E-state index contributed by atoms with van der Waals surface area (Å²) in [6.45, 7) is 0. The van der Waals surface area contributed by atoms with Crippen LogP contribution in [0.2, 0.25) is 0 Å². The Balaban J connectivity index is 1.98. The Hall–Kier alpha value is -1.02. The molecule has 0 spiro atoms. The highest BCUT2D eigenvalue weighted by Crippen LogP contribution is 2.18. The summed E-state index contributed by atoms with van der Waals surface area (Å²) in [5, 5.41) is 3.10. The Kier molecular flexibility index (Phi) is 4.43. The number of rotatable bonds is 3. The van der Waals surface area contributed by atoms with E-state index in [1.54, 1.807) is 0 Å². The molecule has 3 heteroatoms. The molecule has 1 amide bonds. The van der Waals surface area contributed by atoms with Gasteiger partial charge in [0.25, 0.3) is 5.91 Å². The monoisotopic (exact) mass is 251 g/mol. The van der Waals surface area contributed by atoms with Crippen molar-refractivity contribution in [2.75, 3.05) is 0 Å². The van der Waals surface area contributed by atoms with Gasteiger partial charge in [-0.15, -0.1) is 11.6 Å². The molecule has 0 radical (unpaired) electrons. The molecule has 1 aromatic rings. The van der Waals surface area contributed by atoms with Crippen molar-refractivity contribution in [1.82, 2.24) is 5.32 Å². The zero-order valence-corrected chi connectivity index (χ0v) is 10.7. The van der Waals surface area contributed by atoms with Gasteiger partial charge in [0, 0.05) is 17.5 Å². The Labute approximate surface area is 107 Å². The number of benzene rings is 1. The average Bonchev–Trinajstić information content (AvgIpc) is 2.40. The standard InChI is InChI=1S/C14H18ClNO/c15-10-11-5-4-6-12(9-11)14(17)16-13-7-2-1-3-8-13/h4-6,9,13H,1-3,7-8,10H2,(H,16,17). The van der Waals surface area contributed by atoms with Crippen LogP contribution in [0.15, 0.2) is 24.3 Å². The van der Waals surface area contributed by atoms with Crippen molar-refractivity contribution in [1.29, 1.82) is 0 Å². The highest BCUT2D eigenvalue weighted by molar-refractivity contribution is 6.17. The van der Waals surface area contributed by atoms with E-state index in [0.29, 0.717) is 17.5 Å². The highest BCUT2D eigenvalue weighted by atomic mass is 35.5. The first kappa shape index (κ1) is 12.4. The van der Waals surface area contributed by atoms with Crippen LogP contribution < -0.4 is 5.32 Å². The number of halogens is 1. The van der Waals surface area contributed by atoms with Crippen LogP contribution in [-0.2, 0) is 5.88 Å². The van der Waals surface area contributed by atoms with E-state index in [4.69, 9.17) is 11.6 Å². The lowest BCUT2D eigenvalue weighted by molar-refractivity contribution is 0.0927. The maximum Gasteiger partial charge on any atom is 0.251 e. The van der Waals surface area contributed by atoms with Gasteiger partial charge in [0.2, 0.25) is 0 Å². The molecule has 2 nitrogen and oxygen atoms in total. The van der Waals surface area contributed by atoms with Crippen LogP contribution in [0.5, 0.6) is 0 Å². The number of carbonyl (C=O) groups is 1. The molecule has 0 aliphatic heterocycles. The average molecular weight is 252 g/mol. The topological polar surface area (TPSA) is 29.1 Å². The predicted molar refractivity (Wildman–Crippen MR) is 70.3 cm³/mol. The second-order valence-corrected chi connectivity index (χ2v) is 4.91. The fourth-order valence-corrected chi connectivity index (χ4v) is 2.48. The Morgan fingerprint density at radius 1 is 1.29 bits per heavy atom. The lowest BCUT2D eigenvalue weighted by atomic mass is 9.95. The van der Waals surface area contributed by atoms with Crippen LogP contribution in [0.3, 0.4) is 0 Å². The number of hydrogen-bond acceptors (Lipinski definition) is 1. The zero-order valence-electron chi connectivity index (χ0n) is 9.92. The molecule has 1 aliphatic carbocycles. The summed E-state index contributed by atoms with van der Waals surface area (Å²) in [7, 11) is 0. The number of alkyl halides is 1. The van der Waals surface area contributed by atoms with E-state index in [-0.39, 0.29) is 5.91 Å². The van der Waals surface area contributed by atoms with E-state index in [0.717, 1.165) is 18.4 Å². The maximum atomic E-state index is 12.0. The second kappa shape index (κ2) is 6.06. The molecule has 0 atom stereocenters. The number of nitrogens with one attached hydrogen (secondary N) is 1. The first-order chi connectivity index (χ1) is 8.29. The molecule has 0 heterocycles. The summed E-state index contributed by atoms with van der Waals surface area (Å²) in [5.74, 6) is 0.480. The number of hydrogen-bond donors (Lipinski definition) is 1. The van der Waals surface area contributed by atoms with Gasteiger partial charge in [0.05, 0.1) is 0 Å². The summed E-state index contributed by atoms with van der Waals surface area (Å²) >= 11 is 5.76. The summed E-state index contributed by atoms with van der Waals surface area (Å²) in [4.78, 5) is 12.0. The molecule has 0 unspecified atom stereocenters. The second-order valence-electron chi connectivity index (χ2n) is 4.64. The fourth-order valence-electron chi connectivity index (χ4n) is 2.31. The van der Waals surface area contributed by atoms with Crippen molar-refractivity contribution in [3.05, 3.63) is 35.4 Å². The van der Waals surface area contributed by atoms with Gasteiger partial charge in [-0.05, 0) is 30.5 Å². The van der Waals surface area contributed by atoms with Gasteiger partial charge >= 0.3 is 0 Å². The predicted octanol–water partition coefficient (Wildman–Crippen LogP) is 3.49. The molecular formula is C14H18ClNO. The van der Waals surface area contributed by atoms with Crippen molar-refractivity contribution in [3.8, 4) is 0 Å². The molecule has 2 rings (SSSR count). The Morgan fingerprint density at radius 2 is 2.06 bits per heavy atom. The van der Waals surface area contributed by atoms with Crippen molar-refractivity contribution in [2.45, 2.75) is 44.0 Å². The van der Waals surface area contributed by atoms with Gasteiger partial charge in [0.15, 0.2) is 0 Å². The third kappa shape index (κ3) is 3.47. The van der Waals surface area contributed by atoms with Crippen LogP contribution >= 0.6 is 11.6 Å². The van der Waals surface area contributed by atoms with Gasteiger partial charge in [-0.3, -0.25) is 4.79 Å². The number of amides is 1. The van der Waals surface area contributed by atoms with Crippen LogP contribution in [0.1, 0.15) is 48.0 Å². The number of carbonyl (C=O) groups excluding carboxylic acids is 1. The van der Waals surface area contributed by atoms with Gasteiger partial charge in [-0.25, -0.2) is 0 Å². The van der Waals surface area contributed by atoms with Gasteiger partial charge in [-0.1, -0.05) is 31.4 Å². The lowest BCUT2D eigenvalue weighted by Gasteiger charge is -2.22. The molecule has 0 bridgehead atoms. The molecule has 17 heavy (non-hydrogen) atoms. The molecule has 1 N–H and O–H groups in total. The van der Waals surface area contributed by atoms with Crippen molar-refractivity contribution in [3.63, 3.8) is 0 Å². The smallest absolute Gasteiger partial charge is 0.251 e. The van der Waals surface area contributed by atoms with Crippen molar-refractivity contribution >= 4 is 17.5 Å². The third-order valence-corrected chi connectivity index (χ3v) is 3.59. The van der Waals surface area contributed by atoms with Crippen LogP contribution in [0.25, 0.3) is 0 Å². The molecular weight excluding hydrogens is 234 g/mol. The molecule has 0 aromatic heterocycles. The molecule has 1 saturated carbocycles. The zero-order chi connectivity index (χ0) is 12.1. The van der Waals surface area contributed by atoms with Crippen LogP contribution in [0, 0.1) is 0 Å². The first-order valence-electron chi connectivity index (χ1n) is 6.25. The lowest BCUT2D eigenvalue weighted by Crippen LogP contribution is -2.36. The van der Waals surface area contributed by atoms with E-state index < -0.39 is 0 Å². The largest absolute Gasteiger partial charge is 0.349 e. The van der Waals surface area contributed by atoms with Crippen molar-refractivity contribution < 1.29 is 4.79 Å². The van der Waals surface area contributed by atoms with E-state index in [1.807, 2.05) is 24.3 Å². The molecule has 1 aliphatic rings. The summed E-state index contributed by atoms with van der Waals surface area (Å²) < 4.78 is 0.